The van der Waals surface area contributed by atoms with Crippen LogP contribution in [0.4, 0.5) is 0 Å². The fraction of sp³-hybridized carbons (Fsp3) is 0.579. The number of halogens is 2. The van der Waals surface area contributed by atoms with Crippen molar-refractivity contribution in [2.24, 2.45) is 5.92 Å². The van der Waals surface area contributed by atoms with Gasteiger partial charge < -0.3 is 9.80 Å². The van der Waals surface area contributed by atoms with Gasteiger partial charge in [-0.2, -0.15) is 0 Å². The highest BCUT2D eigenvalue weighted by Gasteiger charge is 2.35. The Morgan fingerprint density at radius 2 is 2.00 bits per heavy atom. The zero-order valence-corrected chi connectivity index (χ0v) is 16.2. The maximum Gasteiger partial charge on any atom is 0.227 e. The molecule has 0 saturated carbocycles. The average Bonchev–Trinajstić information content (AvgIpc) is 2.61. The molecule has 2 heterocycles. The first-order chi connectivity index (χ1) is 11.9. The zero-order chi connectivity index (χ0) is 18.1. The van der Waals surface area contributed by atoms with Gasteiger partial charge in [-0.25, -0.2) is 0 Å². The molecule has 25 heavy (non-hydrogen) atoms. The number of carbonyl (C=O) groups is 2. The Morgan fingerprint density at radius 1 is 1.24 bits per heavy atom. The number of benzene rings is 1. The summed E-state index contributed by atoms with van der Waals surface area (Å²) in [5.41, 5.74) is 2.13. The summed E-state index contributed by atoms with van der Waals surface area (Å²) in [5.74, 6) is 0.166. The molecule has 0 N–H and O–H groups in total. The summed E-state index contributed by atoms with van der Waals surface area (Å²) < 4.78 is 0. The molecule has 0 radical (unpaired) electrons. The fourth-order valence-electron chi connectivity index (χ4n) is 4.02. The van der Waals surface area contributed by atoms with Gasteiger partial charge in [-0.3, -0.25) is 9.59 Å². The molecule has 2 atom stereocenters. The van der Waals surface area contributed by atoms with Crippen LogP contribution >= 0.6 is 23.2 Å². The minimum atomic E-state index is -0.108. The number of hydrogen-bond acceptors (Lipinski definition) is 2. The fourth-order valence-corrected chi connectivity index (χ4v) is 4.62. The lowest BCUT2D eigenvalue weighted by Gasteiger charge is -2.40. The molecule has 1 fully saturated rings. The largest absolute Gasteiger partial charge is 0.342 e. The lowest BCUT2D eigenvalue weighted by Crippen LogP contribution is -2.48. The van der Waals surface area contributed by atoms with Gasteiger partial charge in [0.15, 0.2) is 0 Å². The van der Waals surface area contributed by atoms with Crippen molar-refractivity contribution in [1.29, 1.82) is 0 Å². The average molecular weight is 383 g/mol. The van der Waals surface area contributed by atoms with E-state index in [1.54, 1.807) is 6.07 Å². The van der Waals surface area contributed by atoms with E-state index in [-0.39, 0.29) is 23.8 Å². The SMILES string of the molecule is CCC(=O)N1CCC[C@H](C(=O)N2CCc3c(Cl)cc(Cl)cc3[C@@H]2C)C1. The number of amides is 2. The van der Waals surface area contributed by atoms with E-state index in [9.17, 15) is 9.59 Å². The maximum atomic E-state index is 13.1. The van der Waals surface area contributed by atoms with Crippen molar-refractivity contribution in [3.63, 3.8) is 0 Å². The number of nitrogens with zero attached hydrogens (tertiary/aromatic N) is 2. The highest BCUT2D eigenvalue weighted by atomic mass is 35.5. The summed E-state index contributed by atoms with van der Waals surface area (Å²) in [6.07, 6.45) is 2.97. The molecule has 1 aromatic carbocycles. The number of fused-ring (bicyclic) bond motifs is 1. The van der Waals surface area contributed by atoms with Gasteiger partial charge >= 0.3 is 0 Å². The number of hydrogen-bond donors (Lipinski definition) is 0. The van der Waals surface area contributed by atoms with Crippen molar-refractivity contribution >= 4 is 35.0 Å². The monoisotopic (exact) mass is 382 g/mol. The maximum absolute atomic E-state index is 13.1. The molecule has 2 aliphatic heterocycles. The first kappa shape index (κ1) is 18.5. The summed E-state index contributed by atoms with van der Waals surface area (Å²) >= 11 is 12.5. The normalized spacial score (nSPS) is 23.4. The summed E-state index contributed by atoms with van der Waals surface area (Å²) in [4.78, 5) is 28.9. The molecule has 0 spiro atoms. The van der Waals surface area contributed by atoms with E-state index in [2.05, 4.69) is 0 Å². The van der Waals surface area contributed by atoms with Crippen molar-refractivity contribution in [1.82, 2.24) is 9.80 Å². The summed E-state index contributed by atoms with van der Waals surface area (Å²) in [6.45, 7) is 5.86. The van der Waals surface area contributed by atoms with Crippen LogP contribution in [0.25, 0.3) is 0 Å². The molecule has 1 aromatic rings. The zero-order valence-electron chi connectivity index (χ0n) is 14.7. The molecule has 2 amide bonds. The number of carbonyl (C=O) groups excluding carboxylic acids is 2. The van der Waals surface area contributed by atoms with Gasteiger partial charge in [0.25, 0.3) is 0 Å². The minimum absolute atomic E-state index is 0.0512. The topological polar surface area (TPSA) is 40.6 Å². The van der Waals surface area contributed by atoms with Crippen molar-refractivity contribution in [3.05, 3.63) is 33.3 Å². The standard InChI is InChI=1S/C19H24Cl2N2O2/c1-3-18(24)22-7-4-5-13(11-22)19(25)23-8-6-15-16(12(23)2)9-14(20)10-17(15)21/h9-10,12-13H,3-8,11H2,1-2H3/t12-,13-/m0/s1. The second kappa shape index (κ2) is 7.55. The lowest BCUT2D eigenvalue weighted by atomic mass is 9.90. The quantitative estimate of drug-likeness (QED) is 0.772. The molecule has 136 valence electrons. The van der Waals surface area contributed by atoms with Crippen LogP contribution in [-0.2, 0) is 16.0 Å². The molecule has 0 aromatic heterocycles. The van der Waals surface area contributed by atoms with Gasteiger partial charge in [0, 0.05) is 36.1 Å². The Kier molecular flexibility index (Phi) is 5.59. The number of likely N-dealkylation sites (tertiary alicyclic amines) is 1. The molecule has 4 nitrogen and oxygen atoms in total. The van der Waals surface area contributed by atoms with Gasteiger partial charge in [-0.05, 0) is 49.4 Å². The van der Waals surface area contributed by atoms with E-state index in [0.29, 0.717) is 29.6 Å². The first-order valence-electron chi connectivity index (χ1n) is 8.98. The Morgan fingerprint density at radius 3 is 2.72 bits per heavy atom. The highest BCUT2D eigenvalue weighted by molar-refractivity contribution is 6.35. The van der Waals surface area contributed by atoms with Gasteiger partial charge in [0.05, 0.1) is 12.0 Å². The van der Waals surface area contributed by atoms with E-state index < -0.39 is 0 Å². The molecule has 0 unspecified atom stereocenters. The molecule has 0 aliphatic carbocycles. The Labute approximate surface area is 159 Å². The van der Waals surface area contributed by atoms with Gasteiger partial charge in [0.1, 0.15) is 0 Å². The number of piperidine rings is 1. The van der Waals surface area contributed by atoms with E-state index >= 15 is 0 Å². The Hall–Kier alpha value is -1.26. The van der Waals surface area contributed by atoms with Crippen molar-refractivity contribution in [2.75, 3.05) is 19.6 Å². The van der Waals surface area contributed by atoms with Crippen molar-refractivity contribution in [2.45, 2.75) is 45.6 Å². The minimum Gasteiger partial charge on any atom is -0.342 e. The smallest absolute Gasteiger partial charge is 0.227 e. The van der Waals surface area contributed by atoms with Crippen LogP contribution in [0.5, 0.6) is 0 Å². The van der Waals surface area contributed by atoms with E-state index in [1.807, 2.05) is 29.7 Å². The van der Waals surface area contributed by atoms with Crippen LogP contribution in [0.3, 0.4) is 0 Å². The second-order valence-electron chi connectivity index (χ2n) is 6.95. The van der Waals surface area contributed by atoms with Gasteiger partial charge in [-0.15, -0.1) is 0 Å². The summed E-state index contributed by atoms with van der Waals surface area (Å²) in [6, 6.07) is 3.63. The lowest BCUT2D eigenvalue weighted by molar-refractivity contribution is -0.142. The molecule has 0 bridgehead atoms. The van der Waals surface area contributed by atoms with Gasteiger partial charge in [-0.1, -0.05) is 30.1 Å². The highest BCUT2D eigenvalue weighted by Crippen LogP contribution is 2.37. The molecular formula is C19H24Cl2N2O2. The third-order valence-corrected chi connectivity index (χ3v) is 5.98. The molecule has 1 saturated heterocycles. The van der Waals surface area contributed by atoms with E-state index in [0.717, 1.165) is 36.9 Å². The number of rotatable bonds is 2. The third kappa shape index (κ3) is 3.65. The molecule has 3 rings (SSSR count). The van der Waals surface area contributed by atoms with Crippen LogP contribution in [0.15, 0.2) is 12.1 Å². The van der Waals surface area contributed by atoms with Crippen LogP contribution in [-0.4, -0.2) is 41.2 Å². The summed E-state index contributed by atoms with van der Waals surface area (Å²) in [7, 11) is 0. The van der Waals surface area contributed by atoms with Crippen molar-refractivity contribution < 1.29 is 9.59 Å². The molecule has 2 aliphatic rings. The van der Waals surface area contributed by atoms with Crippen LogP contribution in [0, 0.1) is 5.92 Å². The van der Waals surface area contributed by atoms with Crippen LogP contribution in [0.1, 0.15) is 50.3 Å². The van der Waals surface area contributed by atoms with E-state index in [4.69, 9.17) is 23.2 Å². The molecule has 6 heteroatoms. The predicted molar refractivity (Wildman–Crippen MR) is 99.9 cm³/mol. The molecular weight excluding hydrogens is 359 g/mol. The third-order valence-electron chi connectivity index (χ3n) is 5.42. The predicted octanol–water partition coefficient (Wildman–Crippen LogP) is 4.09. The summed E-state index contributed by atoms with van der Waals surface area (Å²) in [5, 5.41) is 1.28. The Bertz CT molecular complexity index is 692. The van der Waals surface area contributed by atoms with Crippen LogP contribution < -0.4 is 0 Å². The second-order valence-corrected chi connectivity index (χ2v) is 7.79. The van der Waals surface area contributed by atoms with E-state index in [1.165, 1.54) is 0 Å². The van der Waals surface area contributed by atoms with Gasteiger partial charge in [0.2, 0.25) is 11.8 Å². The van der Waals surface area contributed by atoms with Crippen LogP contribution in [0.2, 0.25) is 10.0 Å². The first-order valence-corrected chi connectivity index (χ1v) is 9.74. The Balaban J connectivity index is 1.78. The van der Waals surface area contributed by atoms with Crippen molar-refractivity contribution in [3.8, 4) is 0 Å².